The van der Waals surface area contributed by atoms with E-state index >= 15 is 4.39 Å². The number of benzene rings is 2. The second-order valence-electron chi connectivity index (χ2n) is 11.2. The third-order valence-corrected chi connectivity index (χ3v) is 7.67. The molecule has 0 N–H and O–H groups in total. The van der Waals surface area contributed by atoms with E-state index in [1.807, 2.05) is 58.2 Å². The molecule has 0 unspecified atom stereocenters. The predicted molar refractivity (Wildman–Crippen MR) is 154 cm³/mol. The number of hydrogen-bond donors (Lipinski definition) is 0. The molecule has 0 bridgehead atoms. The van der Waals surface area contributed by atoms with Crippen LogP contribution in [0.3, 0.4) is 0 Å². The quantitative estimate of drug-likeness (QED) is 0.435. The molecule has 0 radical (unpaired) electrons. The molecule has 1 aromatic heterocycles. The summed E-state index contributed by atoms with van der Waals surface area (Å²) in [5.41, 5.74) is 3.09. The van der Waals surface area contributed by atoms with Crippen molar-refractivity contribution in [1.82, 2.24) is 14.8 Å². The lowest BCUT2D eigenvalue weighted by Gasteiger charge is -2.36. The normalized spacial score (nSPS) is 17.0. The SMILES string of the molecule is COc1ccc(CN2CC(C)(C)N(c3ccc(C(=O)N4CCN(c5ncc(C)cc5C)CC4)c(F)c3)C2=O)cc1. The molecule has 0 atom stereocenters. The number of aromatic nitrogens is 1. The average molecular weight is 546 g/mol. The van der Waals surface area contributed by atoms with E-state index in [0.717, 1.165) is 28.3 Å². The third kappa shape index (κ3) is 5.33. The maximum Gasteiger partial charge on any atom is 0.325 e. The number of anilines is 2. The number of nitrogens with zero attached hydrogens (tertiary/aromatic N) is 5. The number of amides is 3. The Morgan fingerprint density at radius 3 is 2.35 bits per heavy atom. The molecule has 2 saturated heterocycles. The highest BCUT2D eigenvalue weighted by molar-refractivity contribution is 5.98. The minimum atomic E-state index is -0.627. The Morgan fingerprint density at radius 2 is 1.73 bits per heavy atom. The lowest BCUT2D eigenvalue weighted by molar-refractivity contribution is 0.0742. The zero-order valence-electron chi connectivity index (χ0n) is 23.8. The molecule has 2 fully saturated rings. The molecule has 40 heavy (non-hydrogen) atoms. The molecule has 9 heteroatoms. The Kier molecular flexibility index (Phi) is 7.40. The maximum atomic E-state index is 15.4. The van der Waals surface area contributed by atoms with Crippen molar-refractivity contribution < 1.29 is 18.7 Å². The highest BCUT2D eigenvalue weighted by Gasteiger charge is 2.44. The molecule has 8 nitrogen and oxygen atoms in total. The smallest absolute Gasteiger partial charge is 0.325 e. The number of methoxy groups -OCH3 is 1. The summed E-state index contributed by atoms with van der Waals surface area (Å²) in [4.78, 5) is 38.5. The summed E-state index contributed by atoms with van der Waals surface area (Å²) in [5, 5.41) is 0. The Bertz CT molecular complexity index is 1420. The largest absolute Gasteiger partial charge is 0.497 e. The zero-order valence-corrected chi connectivity index (χ0v) is 23.8. The van der Waals surface area contributed by atoms with Crippen molar-refractivity contribution in [1.29, 1.82) is 0 Å². The fraction of sp³-hybridized carbons (Fsp3) is 0.387. The zero-order chi connectivity index (χ0) is 28.6. The van der Waals surface area contributed by atoms with Crippen LogP contribution < -0.4 is 14.5 Å². The average Bonchev–Trinajstić information content (AvgIpc) is 3.15. The van der Waals surface area contributed by atoms with Crippen LogP contribution in [0.25, 0.3) is 0 Å². The first-order valence-electron chi connectivity index (χ1n) is 13.6. The first-order chi connectivity index (χ1) is 19.1. The number of piperazine rings is 1. The number of aryl methyl sites for hydroxylation is 2. The number of hydrogen-bond acceptors (Lipinski definition) is 5. The molecule has 3 amide bonds. The van der Waals surface area contributed by atoms with Gasteiger partial charge in [-0.1, -0.05) is 18.2 Å². The fourth-order valence-electron chi connectivity index (χ4n) is 5.69. The number of urea groups is 1. The van der Waals surface area contributed by atoms with Crippen molar-refractivity contribution in [2.75, 3.05) is 49.6 Å². The number of carbonyl (C=O) groups is 2. The minimum absolute atomic E-state index is 0.0152. The monoisotopic (exact) mass is 545 g/mol. The molecule has 0 aliphatic carbocycles. The van der Waals surface area contributed by atoms with E-state index in [2.05, 4.69) is 16.0 Å². The van der Waals surface area contributed by atoms with Crippen molar-refractivity contribution >= 4 is 23.4 Å². The van der Waals surface area contributed by atoms with E-state index in [4.69, 9.17) is 4.74 Å². The van der Waals surface area contributed by atoms with Gasteiger partial charge in [0.1, 0.15) is 17.4 Å². The van der Waals surface area contributed by atoms with Crippen molar-refractivity contribution in [3.05, 3.63) is 82.8 Å². The molecule has 3 heterocycles. The molecular formula is C31H36FN5O3. The van der Waals surface area contributed by atoms with Crippen LogP contribution in [0.1, 0.15) is 40.9 Å². The Hall–Kier alpha value is -4.14. The molecular weight excluding hydrogens is 509 g/mol. The molecule has 210 valence electrons. The standard InChI is InChI=1S/C31H36FN5O3/c1-21-16-22(2)28(33-18-21)34-12-14-35(15-13-34)29(38)26-11-8-24(17-27(26)32)37-30(39)36(20-31(37,3)4)19-23-6-9-25(40-5)10-7-23/h6-11,16-18H,12-15,19-20H2,1-5H3. The summed E-state index contributed by atoms with van der Waals surface area (Å²) in [6.07, 6.45) is 1.85. The van der Waals surface area contributed by atoms with Crippen LogP contribution in [-0.2, 0) is 6.54 Å². The van der Waals surface area contributed by atoms with Gasteiger partial charge in [-0.05, 0) is 74.7 Å². The molecule has 2 aliphatic heterocycles. The van der Waals surface area contributed by atoms with E-state index in [1.54, 1.807) is 27.9 Å². The predicted octanol–water partition coefficient (Wildman–Crippen LogP) is 5.03. The third-order valence-electron chi connectivity index (χ3n) is 7.67. The van der Waals surface area contributed by atoms with Gasteiger partial charge in [-0.25, -0.2) is 14.2 Å². The lowest BCUT2D eigenvalue weighted by Crippen LogP contribution is -2.49. The van der Waals surface area contributed by atoms with Crippen LogP contribution in [0, 0.1) is 19.7 Å². The van der Waals surface area contributed by atoms with Gasteiger partial charge in [-0.15, -0.1) is 0 Å². The summed E-state index contributed by atoms with van der Waals surface area (Å²) in [6.45, 7) is 11.1. The van der Waals surface area contributed by atoms with E-state index in [-0.39, 0.29) is 17.5 Å². The van der Waals surface area contributed by atoms with Crippen molar-refractivity contribution in [3.8, 4) is 5.75 Å². The lowest BCUT2D eigenvalue weighted by atomic mass is 10.0. The van der Waals surface area contributed by atoms with Gasteiger partial charge in [0.05, 0.1) is 18.2 Å². The van der Waals surface area contributed by atoms with Crippen LogP contribution in [-0.4, -0.2) is 72.1 Å². The van der Waals surface area contributed by atoms with Gasteiger partial charge in [0.25, 0.3) is 5.91 Å². The summed E-state index contributed by atoms with van der Waals surface area (Å²) in [5.74, 6) is 0.708. The summed E-state index contributed by atoms with van der Waals surface area (Å²) >= 11 is 0. The number of carbonyl (C=O) groups excluding carboxylic acids is 2. The number of rotatable bonds is 6. The topological polar surface area (TPSA) is 69.2 Å². The Morgan fingerprint density at radius 1 is 1.02 bits per heavy atom. The second kappa shape index (κ2) is 10.8. The molecule has 2 aromatic carbocycles. The molecule has 0 saturated carbocycles. The molecule has 3 aromatic rings. The second-order valence-corrected chi connectivity index (χ2v) is 11.2. The Balaban J connectivity index is 1.27. The van der Waals surface area contributed by atoms with Crippen molar-refractivity contribution in [3.63, 3.8) is 0 Å². The van der Waals surface area contributed by atoms with Gasteiger partial charge in [-0.3, -0.25) is 9.69 Å². The minimum Gasteiger partial charge on any atom is -0.497 e. The number of pyridine rings is 1. The Labute approximate surface area is 235 Å². The summed E-state index contributed by atoms with van der Waals surface area (Å²) < 4.78 is 20.6. The van der Waals surface area contributed by atoms with Crippen LogP contribution >= 0.6 is 0 Å². The van der Waals surface area contributed by atoms with Gasteiger partial charge in [0.2, 0.25) is 0 Å². The molecule has 0 spiro atoms. The number of ether oxygens (including phenoxy) is 1. The van der Waals surface area contributed by atoms with Crippen LogP contribution in [0.15, 0.2) is 54.7 Å². The first kappa shape index (κ1) is 27.4. The first-order valence-corrected chi connectivity index (χ1v) is 13.6. The number of halogens is 1. The van der Waals surface area contributed by atoms with E-state index in [9.17, 15) is 9.59 Å². The van der Waals surface area contributed by atoms with Gasteiger partial charge in [0.15, 0.2) is 0 Å². The van der Waals surface area contributed by atoms with Crippen LogP contribution in [0.4, 0.5) is 20.7 Å². The maximum absolute atomic E-state index is 15.4. The summed E-state index contributed by atoms with van der Waals surface area (Å²) in [6, 6.07) is 14.0. The summed E-state index contributed by atoms with van der Waals surface area (Å²) in [7, 11) is 1.61. The van der Waals surface area contributed by atoms with E-state index < -0.39 is 11.4 Å². The van der Waals surface area contributed by atoms with Gasteiger partial charge < -0.3 is 19.4 Å². The highest BCUT2D eigenvalue weighted by Crippen LogP contribution is 2.34. The fourth-order valence-corrected chi connectivity index (χ4v) is 5.69. The van der Waals surface area contributed by atoms with Crippen LogP contribution in [0.5, 0.6) is 5.75 Å². The van der Waals surface area contributed by atoms with Crippen LogP contribution in [0.2, 0.25) is 0 Å². The highest BCUT2D eigenvalue weighted by atomic mass is 19.1. The van der Waals surface area contributed by atoms with Gasteiger partial charge in [0, 0.05) is 51.2 Å². The van der Waals surface area contributed by atoms with Gasteiger partial charge >= 0.3 is 6.03 Å². The van der Waals surface area contributed by atoms with E-state index in [0.29, 0.717) is 45.0 Å². The molecule has 5 rings (SSSR count). The van der Waals surface area contributed by atoms with Gasteiger partial charge in [-0.2, -0.15) is 0 Å². The van der Waals surface area contributed by atoms with E-state index in [1.165, 1.54) is 12.1 Å². The van der Waals surface area contributed by atoms with Crippen molar-refractivity contribution in [2.24, 2.45) is 0 Å². The molecule has 2 aliphatic rings. The van der Waals surface area contributed by atoms with Crippen molar-refractivity contribution in [2.45, 2.75) is 39.8 Å².